The number of carbonyl (C=O) groups is 1. The van der Waals surface area contributed by atoms with E-state index in [-0.39, 0.29) is 17.2 Å². The molecular weight excluding hydrogens is 400 g/mol. The minimum atomic E-state index is 0.115. The fourth-order valence-corrected chi connectivity index (χ4v) is 6.89. The van der Waals surface area contributed by atoms with Crippen molar-refractivity contribution in [2.24, 2.45) is 11.0 Å². The van der Waals surface area contributed by atoms with E-state index in [1.165, 1.54) is 12.8 Å². The first kappa shape index (κ1) is 20.8. The fourth-order valence-electron chi connectivity index (χ4n) is 5.49. The summed E-state index contributed by atoms with van der Waals surface area (Å²) in [5, 5.41) is 10.7. The van der Waals surface area contributed by atoms with Crippen LogP contribution in [-0.2, 0) is 14.3 Å². The van der Waals surface area contributed by atoms with Crippen molar-refractivity contribution >= 4 is 23.4 Å². The molecule has 4 aliphatic heterocycles. The normalized spacial score (nSPS) is 35.7. The molecule has 4 heterocycles. The number of fused-ring (bicyclic) bond motifs is 1. The smallest absolute Gasteiger partial charge is 0.257 e. The summed E-state index contributed by atoms with van der Waals surface area (Å²) in [6.45, 7) is 7.55. The van der Waals surface area contributed by atoms with Crippen molar-refractivity contribution < 1.29 is 14.3 Å². The molecule has 0 radical (unpaired) electrons. The summed E-state index contributed by atoms with van der Waals surface area (Å²) in [6.07, 6.45) is 8.70. The third kappa shape index (κ3) is 4.29. The summed E-state index contributed by atoms with van der Waals surface area (Å²) in [5.41, 5.74) is 1.13. The zero-order valence-electron chi connectivity index (χ0n) is 17.9. The number of nitrogens with zero attached hydrogens (tertiary/aromatic N) is 3. The van der Waals surface area contributed by atoms with Gasteiger partial charge in [-0.1, -0.05) is 17.8 Å². The lowest BCUT2D eigenvalue weighted by molar-refractivity contribution is -0.117. The van der Waals surface area contributed by atoms with Crippen molar-refractivity contribution in [1.29, 1.82) is 0 Å². The predicted octanol–water partition coefficient (Wildman–Crippen LogP) is 2.19. The van der Waals surface area contributed by atoms with Gasteiger partial charge in [-0.05, 0) is 45.4 Å². The third-order valence-electron chi connectivity index (χ3n) is 7.28. The number of rotatable bonds is 4. The molecule has 3 fully saturated rings. The second-order valence-electron chi connectivity index (χ2n) is 9.16. The number of morpholine rings is 1. The zero-order chi connectivity index (χ0) is 20.5. The van der Waals surface area contributed by atoms with Gasteiger partial charge in [-0.3, -0.25) is 14.7 Å². The first-order valence-corrected chi connectivity index (χ1v) is 12.5. The van der Waals surface area contributed by atoms with Gasteiger partial charge in [0.25, 0.3) is 5.91 Å². The maximum absolute atomic E-state index is 13.0. The largest absolute Gasteiger partial charge is 0.381 e. The molecule has 2 unspecified atom stereocenters. The van der Waals surface area contributed by atoms with Crippen molar-refractivity contribution in [3.05, 3.63) is 11.0 Å². The topological polar surface area (TPSA) is 66.4 Å². The van der Waals surface area contributed by atoms with Gasteiger partial charge in [-0.15, -0.1) is 0 Å². The van der Waals surface area contributed by atoms with Gasteiger partial charge in [0.15, 0.2) is 0 Å². The van der Waals surface area contributed by atoms with E-state index >= 15 is 0 Å². The molecule has 0 aromatic carbocycles. The van der Waals surface area contributed by atoms with Crippen LogP contribution in [0.3, 0.4) is 0 Å². The van der Waals surface area contributed by atoms with E-state index in [9.17, 15) is 4.79 Å². The van der Waals surface area contributed by atoms with E-state index < -0.39 is 0 Å². The number of hydrogen-bond donors (Lipinski definition) is 1. The summed E-state index contributed by atoms with van der Waals surface area (Å²) in [4.78, 5) is 16.5. The van der Waals surface area contributed by atoms with Crippen LogP contribution >= 0.6 is 11.8 Å². The van der Waals surface area contributed by atoms with E-state index in [1.807, 2.05) is 0 Å². The van der Waals surface area contributed by atoms with E-state index in [2.05, 4.69) is 28.2 Å². The lowest BCUT2D eigenvalue weighted by Gasteiger charge is -2.38. The highest BCUT2D eigenvalue weighted by Gasteiger charge is 2.44. The van der Waals surface area contributed by atoms with Crippen molar-refractivity contribution in [1.82, 2.24) is 15.2 Å². The molecule has 0 aromatic rings. The van der Waals surface area contributed by atoms with Crippen LogP contribution in [0.25, 0.3) is 0 Å². The second kappa shape index (κ2) is 9.18. The van der Waals surface area contributed by atoms with Crippen molar-refractivity contribution in [2.75, 3.05) is 39.5 Å². The third-order valence-corrected chi connectivity index (χ3v) is 8.61. The molecule has 7 nitrogen and oxygen atoms in total. The van der Waals surface area contributed by atoms with E-state index in [0.717, 1.165) is 75.8 Å². The molecule has 8 heteroatoms. The van der Waals surface area contributed by atoms with Crippen molar-refractivity contribution in [3.63, 3.8) is 0 Å². The van der Waals surface area contributed by atoms with Crippen LogP contribution in [0, 0.1) is 5.92 Å². The highest BCUT2D eigenvalue weighted by Crippen LogP contribution is 2.45. The SMILES string of the molecule is CC1=NN(C2CCOCC2)C2SC(C(=O)NC3CCC(N4CCOCC4)CC3)=CC12. The molecule has 166 valence electrons. The summed E-state index contributed by atoms with van der Waals surface area (Å²) in [5.74, 6) is 0.375. The standard InChI is InChI=1S/C22H34N4O3S/c1-15-19-14-20(30-22(19)26(24-15)18-6-10-28-11-7-18)21(27)23-16-2-4-17(5-3-16)25-8-12-29-13-9-25/h14,16-19,22H,2-13H2,1H3,(H,23,27). The monoisotopic (exact) mass is 434 g/mol. The van der Waals surface area contributed by atoms with Crippen LogP contribution in [0.5, 0.6) is 0 Å². The van der Waals surface area contributed by atoms with Crippen molar-refractivity contribution in [2.45, 2.75) is 68.9 Å². The quantitative estimate of drug-likeness (QED) is 0.732. The summed E-state index contributed by atoms with van der Waals surface area (Å²) < 4.78 is 11.0. The molecule has 5 aliphatic rings. The van der Waals surface area contributed by atoms with Crippen molar-refractivity contribution in [3.8, 4) is 0 Å². The highest BCUT2D eigenvalue weighted by atomic mass is 32.2. The molecule has 2 atom stereocenters. The molecule has 2 saturated heterocycles. The van der Waals surface area contributed by atoms with Gasteiger partial charge >= 0.3 is 0 Å². The Kier molecular flexibility index (Phi) is 6.37. The van der Waals surface area contributed by atoms with Crippen LogP contribution in [0.1, 0.15) is 45.4 Å². The molecule has 0 spiro atoms. The Hall–Kier alpha value is -1.09. The first-order chi connectivity index (χ1) is 14.7. The lowest BCUT2D eigenvalue weighted by atomic mass is 9.90. The van der Waals surface area contributed by atoms with Crippen LogP contribution in [0.15, 0.2) is 16.1 Å². The Morgan fingerprint density at radius 2 is 1.73 bits per heavy atom. The van der Waals surface area contributed by atoms with Crippen LogP contribution in [0.2, 0.25) is 0 Å². The Morgan fingerprint density at radius 1 is 1.03 bits per heavy atom. The highest BCUT2D eigenvalue weighted by molar-refractivity contribution is 8.04. The van der Waals surface area contributed by atoms with Gasteiger partial charge < -0.3 is 14.8 Å². The van der Waals surface area contributed by atoms with Gasteiger partial charge in [0.2, 0.25) is 0 Å². The maximum Gasteiger partial charge on any atom is 0.257 e. The van der Waals surface area contributed by atoms with Gasteiger partial charge in [0.05, 0.1) is 30.1 Å². The minimum Gasteiger partial charge on any atom is -0.381 e. The Bertz CT molecular complexity index is 694. The number of ether oxygens (including phenoxy) is 2. The van der Waals surface area contributed by atoms with Gasteiger partial charge in [-0.2, -0.15) is 5.10 Å². The fraction of sp³-hybridized carbons (Fsp3) is 0.818. The number of thioether (sulfide) groups is 1. The molecule has 1 saturated carbocycles. The molecule has 1 N–H and O–H groups in total. The maximum atomic E-state index is 13.0. The summed E-state index contributed by atoms with van der Waals surface area (Å²) in [7, 11) is 0. The molecule has 0 aromatic heterocycles. The van der Waals surface area contributed by atoms with Gasteiger partial charge in [-0.25, -0.2) is 0 Å². The van der Waals surface area contributed by atoms with Crippen LogP contribution < -0.4 is 5.32 Å². The predicted molar refractivity (Wildman–Crippen MR) is 118 cm³/mol. The number of amides is 1. The zero-order valence-corrected chi connectivity index (χ0v) is 18.7. The van der Waals surface area contributed by atoms with E-state index in [1.54, 1.807) is 11.8 Å². The number of hydrogen-bond acceptors (Lipinski definition) is 7. The summed E-state index contributed by atoms with van der Waals surface area (Å²) in [6, 6.07) is 1.40. The van der Waals surface area contributed by atoms with Gasteiger partial charge in [0, 0.05) is 44.1 Å². The molecule has 1 amide bonds. The Labute approximate surface area is 183 Å². The van der Waals surface area contributed by atoms with Crippen LogP contribution in [-0.4, -0.2) is 84.5 Å². The molecule has 0 bridgehead atoms. The Balaban J connectivity index is 1.13. The van der Waals surface area contributed by atoms with Gasteiger partial charge in [0.1, 0.15) is 5.37 Å². The lowest BCUT2D eigenvalue weighted by Crippen LogP contribution is -2.47. The minimum absolute atomic E-state index is 0.115. The molecule has 5 rings (SSSR count). The van der Waals surface area contributed by atoms with Crippen LogP contribution in [0.4, 0.5) is 0 Å². The summed E-state index contributed by atoms with van der Waals surface area (Å²) >= 11 is 1.70. The number of nitrogens with one attached hydrogen (secondary N) is 1. The first-order valence-electron chi connectivity index (χ1n) is 11.6. The molecular formula is C22H34N4O3S. The molecule has 1 aliphatic carbocycles. The second-order valence-corrected chi connectivity index (χ2v) is 10.3. The average Bonchev–Trinajstić information content (AvgIpc) is 3.36. The van der Waals surface area contributed by atoms with E-state index in [0.29, 0.717) is 18.1 Å². The Morgan fingerprint density at radius 3 is 2.47 bits per heavy atom. The number of carbonyl (C=O) groups excluding carboxylic acids is 1. The number of hydrazone groups is 1. The molecule has 30 heavy (non-hydrogen) atoms. The average molecular weight is 435 g/mol. The van der Waals surface area contributed by atoms with E-state index in [4.69, 9.17) is 14.6 Å².